The van der Waals surface area contributed by atoms with E-state index in [1.807, 2.05) is 55.5 Å². The molecule has 1 aliphatic rings. The number of aromatic hydroxyl groups is 1. The quantitative estimate of drug-likeness (QED) is 0.277. The third-order valence-corrected chi connectivity index (χ3v) is 6.70. The van der Waals surface area contributed by atoms with Gasteiger partial charge in [0.25, 0.3) is 5.91 Å². The van der Waals surface area contributed by atoms with Crippen molar-refractivity contribution in [2.45, 2.75) is 32.2 Å². The van der Waals surface area contributed by atoms with E-state index in [-0.39, 0.29) is 23.4 Å². The van der Waals surface area contributed by atoms with Gasteiger partial charge >= 0.3 is 6.03 Å². The van der Waals surface area contributed by atoms with Crippen LogP contribution in [0.4, 0.5) is 10.5 Å². The molecule has 0 unspecified atom stereocenters. The van der Waals surface area contributed by atoms with Crippen LogP contribution in [0.15, 0.2) is 79.0 Å². The molecule has 0 atom stereocenters. The lowest BCUT2D eigenvalue weighted by molar-refractivity contribution is 0.102. The van der Waals surface area contributed by atoms with Crippen LogP contribution in [0.3, 0.4) is 0 Å². The van der Waals surface area contributed by atoms with Gasteiger partial charge < -0.3 is 15.7 Å². The van der Waals surface area contributed by atoms with Crippen LogP contribution in [0.1, 0.15) is 46.1 Å². The van der Waals surface area contributed by atoms with Crippen LogP contribution in [0, 0.1) is 6.92 Å². The van der Waals surface area contributed by atoms with Gasteiger partial charge in [-0.05, 0) is 55.7 Å². The highest BCUT2D eigenvalue weighted by Crippen LogP contribution is 2.42. The fourth-order valence-corrected chi connectivity index (χ4v) is 4.41. The van der Waals surface area contributed by atoms with Gasteiger partial charge in [0, 0.05) is 29.8 Å². The molecule has 9 heteroatoms. The second-order valence-corrected chi connectivity index (χ2v) is 9.71. The van der Waals surface area contributed by atoms with E-state index < -0.39 is 5.91 Å². The summed E-state index contributed by atoms with van der Waals surface area (Å²) in [6, 6.07) is 21.6. The highest BCUT2D eigenvalue weighted by molar-refractivity contribution is 6.03. The monoisotopic (exact) mass is 518 g/mol. The molecule has 0 saturated heterocycles. The Bertz CT molecular complexity index is 1710. The highest BCUT2D eigenvalue weighted by atomic mass is 16.3. The second-order valence-electron chi connectivity index (χ2n) is 9.71. The average Bonchev–Trinajstić information content (AvgIpc) is 3.70. The normalized spacial score (nSPS) is 12.8. The predicted molar refractivity (Wildman–Crippen MR) is 148 cm³/mol. The van der Waals surface area contributed by atoms with Gasteiger partial charge in [-0.2, -0.15) is 9.78 Å². The van der Waals surface area contributed by atoms with Crippen molar-refractivity contribution >= 4 is 28.7 Å². The Morgan fingerprint density at radius 2 is 1.77 bits per heavy atom. The highest BCUT2D eigenvalue weighted by Gasteiger charge is 2.30. The molecule has 1 saturated carbocycles. The zero-order chi connectivity index (χ0) is 26.9. The Kier molecular flexibility index (Phi) is 6.24. The molecule has 0 aliphatic heterocycles. The molecule has 1 aliphatic carbocycles. The molecule has 2 heterocycles. The van der Waals surface area contributed by atoms with Crippen molar-refractivity contribution in [2.75, 3.05) is 5.32 Å². The van der Waals surface area contributed by atoms with Gasteiger partial charge in [0.05, 0.1) is 28.6 Å². The van der Waals surface area contributed by atoms with E-state index in [2.05, 4.69) is 25.7 Å². The maximum atomic E-state index is 13.0. The Labute approximate surface area is 224 Å². The molecule has 5 aromatic rings. The van der Waals surface area contributed by atoms with Crippen LogP contribution in [-0.4, -0.2) is 36.8 Å². The molecule has 194 valence electrons. The number of nitrogens with one attached hydrogen (secondary N) is 2. The van der Waals surface area contributed by atoms with Gasteiger partial charge in [-0.25, -0.2) is 9.78 Å². The zero-order valence-corrected chi connectivity index (χ0v) is 21.3. The van der Waals surface area contributed by atoms with Crippen molar-refractivity contribution in [3.63, 3.8) is 0 Å². The summed E-state index contributed by atoms with van der Waals surface area (Å²) in [5.41, 5.74) is 5.81. The number of hydrogen-bond acceptors (Lipinski definition) is 6. The second kappa shape index (κ2) is 10.0. The minimum Gasteiger partial charge on any atom is -0.507 e. The minimum absolute atomic E-state index is 0.0653. The Balaban J connectivity index is 1.19. The molecule has 9 nitrogen and oxygen atoms in total. The van der Waals surface area contributed by atoms with Crippen molar-refractivity contribution in [2.24, 2.45) is 0 Å². The van der Waals surface area contributed by atoms with Gasteiger partial charge in [-0.1, -0.05) is 42.0 Å². The molecule has 0 radical (unpaired) electrons. The number of hydrogen-bond donors (Lipinski definition) is 3. The molecule has 0 spiro atoms. The largest absolute Gasteiger partial charge is 0.507 e. The summed E-state index contributed by atoms with van der Waals surface area (Å²) in [5.74, 6) is -0.240. The third-order valence-electron chi connectivity index (χ3n) is 6.70. The van der Waals surface area contributed by atoms with Crippen LogP contribution >= 0.6 is 0 Å². The smallest absolute Gasteiger partial charge is 0.342 e. The van der Waals surface area contributed by atoms with Crippen molar-refractivity contribution in [3.8, 4) is 17.0 Å². The van der Waals surface area contributed by atoms with Gasteiger partial charge in [0.15, 0.2) is 0 Å². The number of rotatable bonds is 6. The number of benzene rings is 3. The predicted octanol–water partition coefficient (Wildman–Crippen LogP) is 5.39. The van der Waals surface area contributed by atoms with Crippen LogP contribution in [0.2, 0.25) is 0 Å². The third kappa shape index (κ3) is 5.19. The number of carbonyl (C=O) groups excluding carboxylic acids is 2. The Hall–Kier alpha value is -5.05. The van der Waals surface area contributed by atoms with E-state index >= 15 is 0 Å². The first-order valence-electron chi connectivity index (χ1n) is 12.7. The summed E-state index contributed by atoms with van der Waals surface area (Å²) in [4.78, 5) is 34.4. The zero-order valence-electron chi connectivity index (χ0n) is 21.3. The minimum atomic E-state index is -0.439. The summed E-state index contributed by atoms with van der Waals surface area (Å²) in [7, 11) is 0. The lowest BCUT2D eigenvalue weighted by Crippen LogP contribution is -2.30. The molecule has 2 amide bonds. The molecule has 2 aromatic heterocycles. The van der Waals surface area contributed by atoms with E-state index in [1.54, 1.807) is 18.2 Å². The van der Waals surface area contributed by atoms with E-state index in [4.69, 9.17) is 0 Å². The van der Waals surface area contributed by atoms with Crippen molar-refractivity contribution in [1.29, 1.82) is 0 Å². The average molecular weight is 519 g/mol. The molecule has 1 fully saturated rings. The molecule has 3 N–H and O–H groups in total. The van der Waals surface area contributed by atoms with Gasteiger partial charge in [0.1, 0.15) is 11.4 Å². The van der Waals surface area contributed by atoms with Gasteiger partial charge in [-0.15, -0.1) is 0 Å². The number of amides is 2. The van der Waals surface area contributed by atoms with Crippen LogP contribution in [-0.2, 0) is 6.54 Å². The van der Waals surface area contributed by atoms with E-state index in [0.717, 1.165) is 29.7 Å². The maximum absolute atomic E-state index is 13.0. The van der Waals surface area contributed by atoms with Crippen LogP contribution in [0.25, 0.3) is 22.3 Å². The first-order valence-corrected chi connectivity index (χ1v) is 12.7. The first-order chi connectivity index (χ1) is 18.9. The molecule has 39 heavy (non-hydrogen) atoms. The molecule has 0 bridgehead atoms. The van der Waals surface area contributed by atoms with E-state index in [9.17, 15) is 14.7 Å². The lowest BCUT2D eigenvalue weighted by Gasteiger charge is -2.09. The molecular formula is C30H26N6O3. The van der Waals surface area contributed by atoms with E-state index in [0.29, 0.717) is 34.5 Å². The number of anilines is 1. The number of para-hydroxylation sites is 2. The Morgan fingerprint density at radius 1 is 1.00 bits per heavy atom. The number of phenolic OH excluding ortho intramolecular Hbond substituents is 1. The number of aromatic nitrogens is 4. The number of aryl methyl sites for hydroxylation is 1. The molecular weight excluding hydrogens is 492 g/mol. The maximum Gasteiger partial charge on any atom is 0.342 e. The summed E-state index contributed by atoms with van der Waals surface area (Å²) in [5, 5.41) is 21.0. The lowest BCUT2D eigenvalue weighted by atomic mass is 10.1. The fourth-order valence-electron chi connectivity index (χ4n) is 4.41. The van der Waals surface area contributed by atoms with E-state index in [1.165, 1.54) is 16.9 Å². The summed E-state index contributed by atoms with van der Waals surface area (Å²) >= 11 is 0. The van der Waals surface area contributed by atoms with Crippen molar-refractivity contribution < 1.29 is 14.7 Å². The summed E-state index contributed by atoms with van der Waals surface area (Å²) in [6.07, 6.45) is 3.40. The standard InChI is InChI=1S/C30H26N6O3/c1-18-6-8-19(9-7-18)16-32-30(39)36-27(20-10-11-20)15-25(35-36)22-13-12-21(14-28(22)37)33-29(38)26-17-31-23-4-2-3-5-24(23)34-26/h2-9,12-15,17,20,37H,10-11,16H2,1H3,(H,32,39)(H,33,38). The van der Waals surface area contributed by atoms with Gasteiger partial charge in [0.2, 0.25) is 0 Å². The fraction of sp³-hybridized carbons (Fsp3) is 0.167. The molecule has 6 rings (SSSR count). The topological polar surface area (TPSA) is 122 Å². The number of phenols is 1. The van der Waals surface area contributed by atoms with Gasteiger partial charge in [-0.3, -0.25) is 9.78 Å². The van der Waals surface area contributed by atoms with Crippen LogP contribution in [0.5, 0.6) is 5.75 Å². The van der Waals surface area contributed by atoms with Crippen LogP contribution < -0.4 is 10.6 Å². The van der Waals surface area contributed by atoms with Crippen molar-refractivity contribution in [3.05, 3.63) is 102 Å². The number of nitrogens with zero attached hydrogens (tertiary/aromatic N) is 4. The van der Waals surface area contributed by atoms with Crippen molar-refractivity contribution in [1.82, 2.24) is 25.1 Å². The SMILES string of the molecule is Cc1ccc(CNC(=O)n2nc(-c3ccc(NC(=O)c4cnc5ccccc5n4)cc3O)cc2C2CC2)cc1. The summed E-state index contributed by atoms with van der Waals surface area (Å²) < 4.78 is 1.40. The number of carbonyl (C=O) groups is 2. The summed E-state index contributed by atoms with van der Waals surface area (Å²) in [6.45, 7) is 2.41. The number of fused-ring (bicyclic) bond motifs is 1. The Morgan fingerprint density at radius 3 is 2.51 bits per heavy atom. The molecule has 3 aromatic carbocycles. The first kappa shape index (κ1) is 24.3.